The second-order valence-corrected chi connectivity index (χ2v) is 8.31. The molecule has 2 aromatic heterocycles. The number of aromatic nitrogens is 4. The summed E-state index contributed by atoms with van der Waals surface area (Å²) in [5, 5.41) is 9.22. The van der Waals surface area contributed by atoms with Crippen molar-refractivity contribution < 1.29 is 9.84 Å². The van der Waals surface area contributed by atoms with Crippen LogP contribution in [0.4, 0.5) is 0 Å². The zero-order valence-electron chi connectivity index (χ0n) is 19.1. The number of aliphatic hydroxyl groups is 1. The van der Waals surface area contributed by atoms with Crippen molar-refractivity contribution in [3.8, 4) is 11.8 Å². The SMILES string of the molecule is CC(C)c1ccccc1Oc1nc2c(c(=O)n(CCCO)c(=O)n2C)n1Cc1ccccc1. The number of aliphatic hydroxyl groups excluding tert-OH is 1. The van der Waals surface area contributed by atoms with E-state index in [1.54, 1.807) is 11.6 Å². The molecule has 4 rings (SSSR count). The minimum Gasteiger partial charge on any atom is -0.425 e. The first-order valence-electron chi connectivity index (χ1n) is 11.0. The third kappa shape index (κ3) is 4.34. The van der Waals surface area contributed by atoms with E-state index in [1.807, 2.05) is 54.6 Å². The highest BCUT2D eigenvalue weighted by molar-refractivity contribution is 5.72. The minimum atomic E-state index is -0.473. The van der Waals surface area contributed by atoms with Crippen LogP contribution in [0.1, 0.15) is 37.3 Å². The number of hydrogen-bond acceptors (Lipinski definition) is 5. The molecule has 0 aliphatic rings. The van der Waals surface area contributed by atoms with Crippen LogP contribution in [0.2, 0.25) is 0 Å². The maximum atomic E-state index is 13.4. The number of imidazole rings is 1. The molecule has 2 heterocycles. The average Bonchev–Trinajstić information content (AvgIpc) is 3.16. The summed E-state index contributed by atoms with van der Waals surface area (Å²) in [7, 11) is 1.59. The van der Waals surface area contributed by atoms with E-state index in [1.165, 1.54) is 4.57 Å². The van der Waals surface area contributed by atoms with Crippen molar-refractivity contribution in [2.75, 3.05) is 6.61 Å². The molecule has 33 heavy (non-hydrogen) atoms. The smallest absolute Gasteiger partial charge is 0.332 e. The zero-order valence-corrected chi connectivity index (χ0v) is 19.1. The van der Waals surface area contributed by atoms with Crippen LogP contribution in [0, 0.1) is 0 Å². The van der Waals surface area contributed by atoms with Gasteiger partial charge in [-0.15, -0.1) is 0 Å². The van der Waals surface area contributed by atoms with Gasteiger partial charge in [-0.2, -0.15) is 4.98 Å². The quantitative estimate of drug-likeness (QED) is 0.447. The molecule has 0 saturated carbocycles. The fourth-order valence-electron chi connectivity index (χ4n) is 3.92. The van der Waals surface area contributed by atoms with Gasteiger partial charge in [0, 0.05) is 20.2 Å². The summed E-state index contributed by atoms with van der Waals surface area (Å²) in [5.41, 5.74) is 1.62. The Balaban J connectivity index is 1.95. The molecule has 0 saturated heterocycles. The van der Waals surface area contributed by atoms with Crippen molar-refractivity contribution in [3.05, 3.63) is 86.6 Å². The lowest BCUT2D eigenvalue weighted by Gasteiger charge is -2.14. The van der Waals surface area contributed by atoms with Gasteiger partial charge in [0.1, 0.15) is 5.75 Å². The molecule has 0 bridgehead atoms. The summed E-state index contributed by atoms with van der Waals surface area (Å²) in [5.74, 6) is 0.885. The lowest BCUT2D eigenvalue weighted by molar-refractivity contribution is 0.277. The fourth-order valence-corrected chi connectivity index (χ4v) is 3.92. The number of hydrogen-bond donors (Lipinski definition) is 1. The molecule has 0 amide bonds. The molecule has 0 radical (unpaired) electrons. The van der Waals surface area contributed by atoms with Gasteiger partial charge in [-0.1, -0.05) is 62.4 Å². The molecule has 0 fully saturated rings. The summed E-state index contributed by atoms with van der Waals surface area (Å²) >= 11 is 0. The van der Waals surface area contributed by atoms with Gasteiger partial charge in [-0.3, -0.25) is 18.5 Å². The highest BCUT2D eigenvalue weighted by Gasteiger charge is 2.22. The van der Waals surface area contributed by atoms with E-state index < -0.39 is 11.2 Å². The number of aryl methyl sites for hydroxylation is 1. The molecule has 0 atom stereocenters. The van der Waals surface area contributed by atoms with Gasteiger partial charge >= 0.3 is 11.7 Å². The summed E-state index contributed by atoms with van der Waals surface area (Å²) in [6.07, 6.45) is 0.304. The molecule has 0 aliphatic carbocycles. The Kier molecular flexibility index (Phi) is 6.46. The van der Waals surface area contributed by atoms with Gasteiger partial charge in [0.2, 0.25) is 0 Å². The Morgan fingerprint density at radius 3 is 2.39 bits per heavy atom. The number of nitrogens with zero attached hydrogens (tertiary/aromatic N) is 4. The molecule has 1 N–H and O–H groups in total. The van der Waals surface area contributed by atoms with Crippen molar-refractivity contribution in [2.45, 2.75) is 39.3 Å². The standard InChI is InChI=1S/C25H28N4O4/c1-17(2)19-12-7-8-13-20(19)33-24-26-22-21(29(24)16-18-10-5-4-6-11-18)23(31)28(14-9-15-30)25(32)27(22)3/h4-8,10-13,17,30H,9,14-16H2,1-3H3. The van der Waals surface area contributed by atoms with Crippen LogP contribution >= 0.6 is 0 Å². The number of fused-ring (bicyclic) bond motifs is 1. The first-order valence-corrected chi connectivity index (χ1v) is 11.0. The van der Waals surface area contributed by atoms with Crippen molar-refractivity contribution in [2.24, 2.45) is 7.05 Å². The average molecular weight is 449 g/mol. The van der Waals surface area contributed by atoms with E-state index in [2.05, 4.69) is 18.8 Å². The normalized spacial score (nSPS) is 11.4. The van der Waals surface area contributed by atoms with E-state index in [4.69, 9.17) is 4.74 Å². The van der Waals surface area contributed by atoms with Crippen molar-refractivity contribution in [3.63, 3.8) is 0 Å². The van der Waals surface area contributed by atoms with E-state index in [-0.39, 0.29) is 36.2 Å². The van der Waals surface area contributed by atoms with Crippen molar-refractivity contribution in [1.82, 2.24) is 18.7 Å². The molecule has 0 aliphatic heterocycles. The molecule has 0 spiro atoms. The Morgan fingerprint density at radius 1 is 1.00 bits per heavy atom. The van der Waals surface area contributed by atoms with E-state index in [0.717, 1.165) is 15.7 Å². The first-order chi connectivity index (χ1) is 15.9. The van der Waals surface area contributed by atoms with E-state index >= 15 is 0 Å². The molecule has 0 unspecified atom stereocenters. The number of ether oxygens (including phenoxy) is 1. The molecular formula is C25H28N4O4. The molecule has 4 aromatic rings. The monoisotopic (exact) mass is 448 g/mol. The predicted octanol–water partition coefficient (Wildman–Crippen LogP) is 3.24. The van der Waals surface area contributed by atoms with Crippen LogP contribution < -0.4 is 16.0 Å². The van der Waals surface area contributed by atoms with Gasteiger partial charge in [-0.05, 0) is 29.5 Å². The van der Waals surface area contributed by atoms with Gasteiger partial charge in [0.15, 0.2) is 11.2 Å². The molecular weight excluding hydrogens is 420 g/mol. The largest absolute Gasteiger partial charge is 0.425 e. The highest BCUT2D eigenvalue weighted by atomic mass is 16.5. The lowest BCUT2D eigenvalue weighted by Crippen LogP contribution is -2.39. The topological polar surface area (TPSA) is 91.3 Å². The van der Waals surface area contributed by atoms with Crippen LogP contribution in [0.3, 0.4) is 0 Å². The predicted molar refractivity (Wildman–Crippen MR) is 127 cm³/mol. The maximum absolute atomic E-state index is 13.4. The van der Waals surface area contributed by atoms with Crippen molar-refractivity contribution >= 4 is 11.2 Å². The third-order valence-corrected chi connectivity index (χ3v) is 5.66. The second kappa shape index (κ2) is 9.46. The molecule has 172 valence electrons. The lowest BCUT2D eigenvalue weighted by atomic mass is 10.0. The summed E-state index contributed by atoms with van der Waals surface area (Å²) in [4.78, 5) is 30.8. The van der Waals surface area contributed by atoms with Gasteiger partial charge in [0.25, 0.3) is 5.56 Å². The van der Waals surface area contributed by atoms with Crippen LogP contribution in [0.25, 0.3) is 11.2 Å². The summed E-state index contributed by atoms with van der Waals surface area (Å²) < 4.78 is 10.5. The second-order valence-electron chi connectivity index (χ2n) is 8.31. The Bertz CT molecular complexity index is 1380. The van der Waals surface area contributed by atoms with Crippen LogP contribution in [-0.4, -0.2) is 30.4 Å². The minimum absolute atomic E-state index is 0.114. The van der Waals surface area contributed by atoms with E-state index in [0.29, 0.717) is 18.7 Å². The summed E-state index contributed by atoms with van der Waals surface area (Å²) in [6, 6.07) is 17.7. The Labute approximate surface area is 191 Å². The van der Waals surface area contributed by atoms with Gasteiger partial charge in [0.05, 0.1) is 6.54 Å². The van der Waals surface area contributed by atoms with Crippen molar-refractivity contribution in [1.29, 1.82) is 0 Å². The Morgan fingerprint density at radius 2 is 1.70 bits per heavy atom. The van der Waals surface area contributed by atoms with E-state index in [9.17, 15) is 14.7 Å². The molecule has 8 heteroatoms. The number of para-hydroxylation sites is 1. The first kappa shape index (κ1) is 22.5. The van der Waals surface area contributed by atoms with Gasteiger partial charge in [-0.25, -0.2) is 4.79 Å². The number of rotatable bonds is 8. The fraction of sp³-hybridized carbons (Fsp3) is 0.320. The highest BCUT2D eigenvalue weighted by Crippen LogP contribution is 2.31. The van der Waals surface area contributed by atoms with Crippen LogP contribution in [-0.2, 0) is 20.1 Å². The Hall–Kier alpha value is -3.65. The molecule has 8 nitrogen and oxygen atoms in total. The van der Waals surface area contributed by atoms with Gasteiger partial charge < -0.3 is 9.84 Å². The third-order valence-electron chi connectivity index (χ3n) is 5.66. The van der Waals surface area contributed by atoms with Crippen LogP contribution in [0.15, 0.2) is 64.2 Å². The van der Waals surface area contributed by atoms with Crippen LogP contribution in [0.5, 0.6) is 11.8 Å². The zero-order chi connectivity index (χ0) is 23.5. The molecule has 2 aromatic carbocycles. The number of benzene rings is 2. The maximum Gasteiger partial charge on any atom is 0.332 e. The summed E-state index contributed by atoms with van der Waals surface area (Å²) in [6.45, 7) is 4.53.